The van der Waals surface area contributed by atoms with E-state index in [9.17, 15) is 13.2 Å². The lowest BCUT2D eigenvalue weighted by molar-refractivity contribution is -0.140. The van der Waals surface area contributed by atoms with E-state index in [1.807, 2.05) is 50.3 Å². The van der Waals surface area contributed by atoms with Crippen LogP contribution in [0.1, 0.15) is 19.4 Å². The average Bonchev–Trinajstić information content (AvgIpc) is 2.96. The number of hydrogen-bond acceptors (Lipinski definition) is 5. The van der Waals surface area contributed by atoms with E-state index in [0.29, 0.717) is 19.6 Å². The van der Waals surface area contributed by atoms with Gasteiger partial charge < -0.3 is 9.64 Å². The van der Waals surface area contributed by atoms with E-state index in [0.717, 1.165) is 11.3 Å². The van der Waals surface area contributed by atoms with Crippen molar-refractivity contribution in [2.24, 2.45) is 5.92 Å². The normalized spacial score (nSPS) is 25.1. The molecule has 0 bridgehead atoms. The van der Waals surface area contributed by atoms with Gasteiger partial charge in [0, 0.05) is 37.2 Å². The van der Waals surface area contributed by atoms with Crippen molar-refractivity contribution in [3.05, 3.63) is 35.9 Å². The summed E-state index contributed by atoms with van der Waals surface area (Å²) in [6, 6.07) is 7.41. The number of sulfone groups is 1. The number of nitrogens with zero attached hydrogens (tertiary/aromatic N) is 2. The molecule has 27 heavy (non-hydrogen) atoms. The fourth-order valence-electron chi connectivity index (χ4n) is 3.98. The van der Waals surface area contributed by atoms with E-state index in [-0.39, 0.29) is 35.4 Å². The maximum absolute atomic E-state index is 12.5. The van der Waals surface area contributed by atoms with Crippen molar-refractivity contribution in [1.29, 1.82) is 0 Å². The number of ether oxygens (including phenoxy) is 1. The molecule has 2 aliphatic heterocycles. The van der Waals surface area contributed by atoms with Crippen LogP contribution >= 0.6 is 0 Å². The number of piperazine rings is 1. The van der Waals surface area contributed by atoms with Crippen LogP contribution in [0.15, 0.2) is 30.3 Å². The van der Waals surface area contributed by atoms with E-state index in [1.165, 1.54) is 0 Å². The Labute approximate surface area is 161 Å². The molecule has 0 N–H and O–H groups in total. The standard InChI is InChI=1S/C20H28N2O4S/c1-15(2)20(23)22-12-11-21(17-13-27(24,25)14-18(17)22)10-6-8-16-7-4-5-9-19(16)26-3/h4-9,15,17-18H,10-14H2,1-3H3/b8-6+/t17-,18+/m0/s1. The first-order chi connectivity index (χ1) is 12.8. The highest BCUT2D eigenvalue weighted by Crippen LogP contribution is 2.28. The van der Waals surface area contributed by atoms with Gasteiger partial charge >= 0.3 is 0 Å². The Balaban J connectivity index is 1.74. The summed E-state index contributed by atoms with van der Waals surface area (Å²) < 4.78 is 29.9. The van der Waals surface area contributed by atoms with Crippen molar-refractivity contribution in [3.8, 4) is 5.75 Å². The summed E-state index contributed by atoms with van der Waals surface area (Å²) in [5, 5.41) is 0. The van der Waals surface area contributed by atoms with Gasteiger partial charge in [-0.05, 0) is 6.07 Å². The SMILES string of the molecule is COc1ccccc1/C=C/CN1CCN(C(=O)C(C)C)[C@@H]2CS(=O)(=O)C[C@@H]21. The Morgan fingerprint density at radius 1 is 1.22 bits per heavy atom. The number of para-hydroxylation sites is 1. The molecule has 0 aliphatic carbocycles. The molecule has 2 heterocycles. The summed E-state index contributed by atoms with van der Waals surface area (Å²) in [5.41, 5.74) is 0.990. The predicted octanol–water partition coefficient (Wildman–Crippen LogP) is 1.67. The van der Waals surface area contributed by atoms with E-state index < -0.39 is 9.84 Å². The van der Waals surface area contributed by atoms with Crippen molar-refractivity contribution in [1.82, 2.24) is 9.80 Å². The van der Waals surface area contributed by atoms with Gasteiger partial charge in [0.25, 0.3) is 0 Å². The summed E-state index contributed by atoms with van der Waals surface area (Å²) in [4.78, 5) is 16.5. The Bertz CT molecular complexity index is 819. The predicted molar refractivity (Wildman–Crippen MR) is 106 cm³/mol. The first kappa shape index (κ1) is 19.9. The number of fused-ring (bicyclic) bond motifs is 1. The van der Waals surface area contributed by atoms with Crippen LogP contribution in [0.5, 0.6) is 5.75 Å². The molecular formula is C20H28N2O4S. The summed E-state index contributed by atoms with van der Waals surface area (Å²) in [6.07, 6.45) is 4.04. The third-order valence-electron chi connectivity index (χ3n) is 5.34. The Hall–Kier alpha value is -1.86. The monoisotopic (exact) mass is 392 g/mol. The van der Waals surface area contributed by atoms with Gasteiger partial charge in [-0.25, -0.2) is 8.42 Å². The third kappa shape index (κ3) is 4.35. The number of carbonyl (C=O) groups excluding carboxylic acids is 1. The maximum atomic E-state index is 12.5. The summed E-state index contributed by atoms with van der Waals surface area (Å²) in [6.45, 7) is 5.65. The van der Waals surface area contributed by atoms with Crippen LogP contribution in [0.4, 0.5) is 0 Å². The number of methoxy groups -OCH3 is 1. The molecule has 7 heteroatoms. The number of rotatable bonds is 5. The molecule has 2 fully saturated rings. The number of amides is 1. The van der Waals surface area contributed by atoms with E-state index >= 15 is 0 Å². The number of benzene rings is 1. The molecule has 148 valence electrons. The minimum absolute atomic E-state index is 0.0475. The van der Waals surface area contributed by atoms with Crippen LogP contribution in [-0.4, -0.2) is 74.5 Å². The fourth-order valence-corrected chi connectivity index (χ4v) is 5.99. The van der Waals surface area contributed by atoms with Crippen LogP contribution < -0.4 is 4.74 Å². The zero-order valence-corrected chi connectivity index (χ0v) is 17.0. The topological polar surface area (TPSA) is 66.9 Å². The molecule has 2 saturated heterocycles. The third-order valence-corrected chi connectivity index (χ3v) is 7.04. The lowest BCUT2D eigenvalue weighted by Crippen LogP contribution is -2.61. The molecule has 0 aromatic heterocycles. The molecule has 0 spiro atoms. The highest BCUT2D eigenvalue weighted by molar-refractivity contribution is 7.91. The van der Waals surface area contributed by atoms with Gasteiger partial charge in [0.1, 0.15) is 5.75 Å². The second-order valence-corrected chi connectivity index (χ2v) is 9.69. The number of carbonyl (C=O) groups is 1. The first-order valence-corrected chi connectivity index (χ1v) is 11.2. The molecule has 0 unspecified atom stereocenters. The van der Waals surface area contributed by atoms with Gasteiger partial charge in [-0.15, -0.1) is 0 Å². The van der Waals surface area contributed by atoms with Gasteiger partial charge in [0.05, 0.1) is 24.7 Å². The van der Waals surface area contributed by atoms with Gasteiger partial charge in [-0.1, -0.05) is 44.2 Å². The van der Waals surface area contributed by atoms with Crippen LogP contribution in [0.3, 0.4) is 0 Å². The lowest BCUT2D eigenvalue weighted by Gasteiger charge is -2.44. The highest BCUT2D eigenvalue weighted by atomic mass is 32.2. The van der Waals surface area contributed by atoms with E-state index in [2.05, 4.69) is 4.90 Å². The molecule has 2 atom stereocenters. The lowest BCUT2D eigenvalue weighted by atomic mass is 10.0. The second-order valence-electron chi connectivity index (χ2n) is 7.54. The van der Waals surface area contributed by atoms with Crippen LogP contribution in [0.2, 0.25) is 0 Å². The summed E-state index contributed by atoms with van der Waals surface area (Å²) in [5.74, 6) is 0.935. The summed E-state index contributed by atoms with van der Waals surface area (Å²) >= 11 is 0. The zero-order chi connectivity index (χ0) is 19.6. The van der Waals surface area contributed by atoms with Crippen LogP contribution in [0, 0.1) is 5.92 Å². The molecule has 1 amide bonds. The van der Waals surface area contributed by atoms with Crippen molar-refractivity contribution >= 4 is 21.8 Å². The smallest absolute Gasteiger partial charge is 0.225 e. The van der Waals surface area contributed by atoms with Crippen LogP contribution in [0.25, 0.3) is 6.08 Å². The maximum Gasteiger partial charge on any atom is 0.225 e. The Kier molecular flexibility index (Phi) is 5.91. The minimum Gasteiger partial charge on any atom is -0.496 e. The average molecular weight is 393 g/mol. The zero-order valence-electron chi connectivity index (χ0n) is 16.2. The fraction of sp³-hybridized carbons (Fsp3) is 0.550. The van der Waals surface area contributed by atoms with Gasteiger partial charge in [-0.3, -0.25) is 9.69 Å². The molecule has 1 aromatic carbocycles. The Morgan fingerprint density at radius 2 is 1.93 bits per heavy atom. The Morgan fingerprint density at radius 3 is 2.63 bits per heavy atom. The molecular weight excluding hydrogens is 364 g/mol. The number of hydrogen-bond donors (Lipinski definition) is 0. The molecule has 2 aliphatic rings. The van der Waals surface area contributed by atoms with Crippen molar-refractivity contribution < 1.29 is 17.9 Å². The molecule has 3 rings (SSSR count). The quantitative estimate of drug-likeness (QED) is 0.763. The molecule has 0 radical (unpaired) electrons. The summed E-state index contributed by atoms with van der Waals surface area (Å²) in [7, 11) is -1.48. The molecule has 1 aromatic rings. The molecule has 6 nitrogen and oxygen atoms in total. The van der Waals surface area contributed by atoms with Gasteiger partial charge in [-0.2, -0.15) is 0 Å². The minimum atomic E-state index is -3.12. The first-order valence-electron chi connectivity index (χ1n) is 9.37. The second kappa shape index (κ2) is 8.02. The van der Waals surface area contributed by atoms with E-state index in [1.54, 1.807) is 12.0 Å². The highest BCUT2D eigenvalue weighted by Gasteiger charge is 2.47. The van der Waals surface area contributed by atoms with Crippen LogP contribution in [-0.2, 0) is 14.6 Å². The van der Waals surface area contributed by atoms with Crippen molar-refractivity contribution in [3.63, 3.8) is 0 Å². The van der Waals surface area contributed by atoms with Gasteiger partial charge in [0.2, 0.25) is 5.91 Å². The van der Waals surface area contributed by atoms with Crippen molar-refractivity contribution in [2.75, 3.05) is 38.2 Å². The van der Waals surface area contributed by atoms with Gasteiger partial charge in [0.15, 0.2) is 9.84 Å². The van der Waals surface area contributed by atoms with E-state index in [4.69, 9.17) is 4.74 Å². The largest absolute Gasteiger partial charge is 0.496 e. The molecule has 0 saturated carbocycles. The van der Waals surface area contributed by atoms with Crippen molar-refractivity contribution in [2.45, 2.75) is 25.9 Å².